The fourth-order valence-electron chi connectivity index (χ4n) is 1.34. The van der Waals surface area contributed by atoms with Gasteiger partial charge in [-0.05, 0) is 12.1 Å². The van der Waals surface area contributed by atoms with E-state index in [0.717, 1.165) is 5.56 Å². The van der Waals surface area contributed by atoms with Crippen LogP contribution in [0, 0.1) is 0 Å². The van der Waals surface area contributed by atoms with Gasteiger partial charge in [-0.3, -0.25) is 0 Å². The van der Waals surface area contributed by atoms with Gasteiger partial charge in [0.05, 0.1) is 5.02 Å². The fourth-order valence-corrected chi connectivity index (χ4v) is 1.93. The number of methoxy groups -OCH3 is 1. The Morgan fingerprint density at radius 1 is 1.29 bits per heavy atom. The highest BCUT2D eigenvalue weighted by Crippen LogP contribution is 2.32. The number of nitrogens with one attached hydrogen (secondary N) is 1. The highest BCUT2D eigenvalue weighted by atomic mass is 35.5. The Morgan fingerprint density at radius 3 is 2.59 bits per heavy atom. The molecule has 17 heavy (non-hydrogen) atoms. The average Bonchev–Trinajstić information content (AvgIpc) is 2.24. The Bertz CT molecular complexity index is 370. The van der Waals surface area contributed by atoms with Gasteiger partial charge in [-0.1, -0.05) is 37.0 Å². The molecular weight excluding hydrogens is 261 g/mol. The number of benzene rings is 1. The summed E-state index contributed by atoms with van der Waals surface area (Å²) in [6, 6.07) is 3.88. The molecule has 1 N–H and O–H groups in total. The summed E-state index contributed by atoms with van der Waals surface area (Å²) in [5, 5.41) is 4.39. The molecule has 0 fully saturated rings. The van der Waals surface area contributed by atoms with E-state index in [1.807, 2.05) is 6.07 Å². The summed E-state index contributed by atoms with van der Waals surface area (Å²) in [5.41, 5.74) is 0.924. The molecule has 0 heterocycles. The number of rotatable bonds is 6. The second-order valence-electron chi connectivity index (χ2n) is 3.96. The van der Waals surface area contributed by atoms with Crippen LogP contribution in [0.15, 0.2) is 12.1 Å². The van der Waals surface area contributed by atoms with Crippen LogP contribution in [-0.2, 0) is 11.3 Å². The molecule has 0 unspecified atom stereocenters. The molecule has 0 saturated carbocycles. The van der Waals surface area contributed by atoms with E-state index in [1.165, 1.54) is 0 Å². The molecule has 0 aliphatic rings. The molecule has 0 atom stereocenters. The molecule has 1 rings (SSSR count). The Kier molecular flexibility index (Phi) is 6.06. The Hall–Kier alpha value is -0.480. The van der Waals surface area contributed by atoms with Gasteiger partial charge >= 0.3 is 0 Å². The fraction of sp³-hybridized carbons (Fsp3) is 0.500. The van der Waals surface area contributed by atoms with Gasteiger partial charge in [0, 0.05) is 30.3 Å². The lowest BCUT2D eigenvalue weighted by Crippen LogP contribution is -2.22. The Morgan fingerprint density at radius 2 is 2.00 bits per heavy atom. The van der Waals surface area contributed by atoms with Crippen LogP contribution in [0.4, 0.5) is 0 Å². The van der Waals surface area contributed by atoms with E-state index in [0.29, 0.717) is 28.4 Å². The largest absolute Gasteiger partial charge is 0.466 e. The van der Waals surface area contributed by atoms with E-state index < -0.39 is 0 Å². The first kappa shape index (κ1) is 14.6. The summed E-state index contributed by atoms with van der Waals surface area (Å²) in [6.07, 6.45) is 0. The van der Waals surface area contributed by atoms with Crippen LogP contribution in [0.1, 0.15) is 19.4 Å². The van der Waals surface area contributed by atoms with Crippen LogP contribution in [0.5, 0.6) is 5.75 Å². The normalized spacial score (nSPS) is 10.9. The quantitative estimate of drug-likeness (QED) is 0.808. The minimum atomic E-state index is 0.163. The molecule has 3 nitrogen and oxygen atoms in total. The predicted molar refractivity (Wildman–Crippen MR) is 70.9 cm³/mol. The third kappa shape index (κ3) is 4.72. The first-order chi connectivity index (χ1) is 8.04. The first-order valence-corrected chi connectivity index (χ1v) is 6.13. The lowest BCUT2D eigenvalue weighted by atomic mass is 10.2. The van der Waals surface area contributed by atoms with E-state index in [4.69, 9.17) is 32.7 Å². The van der Waals surface area contributed by atoms with Gasteiger partial charge < -0.3 is 14.8 Å². The van der Waals surface area contributed by atoms with E-state index in [2.05, 4.69) is 19.2 Å². The van der Waals surface area contributed by atoms with Gasteiger partial charge in [0.1, 0.15) is 5.75 Å². The third-order valence-corrected chi connectivity index (χ3v) is 2.61. The predicted octanol–water partition coefficient (Wildman–Crippen LogP) is 3.47. The van der Waals surface area contributed by atoms with Crippen LogP contribution in [0.2, 0.25) is 10.0 Å². The van der Waals surface area contributed by atoms with Crippen molar-refractivity contribution in [3.05, 3.63) is 27.7 Å². The highest BCUT2D eigenvalue weighted by Gasteiger charge is 2.11. The van der Waals surface area contributed by atoms with Crippen molar-refractivity contribution in [1.82, 2.24) is 5.32 Å². The second-order valence-corrected chi connectivity index (χ2v) is 4.81. The first-order valence-electron chi connectivity index (χ1n) is 5.37. The highest BCUT2D eigenvalue weighted by molar-refractivity contribution is 6.35. The molecule has 0 bridgehead atoms. The van der Waals surface area contributed by atoms with Crippen LogP contribution < -0.4 is 10.1 Å². The molecule has 0 spiro atoms. The summed E-state index contributed by atoms with van der Waals surface area (Å²) in [5.74, 6) is 0.617. The maximum atomic E-state index is 6.09. The molecule has 1 aromatic rings. The molecule has 1 aromatic carbocycles. The Balaban J connectivity index is 2.89. The van der Waals surface area contributed by atoms with Crippen LogP contribution in [-0.4, -0.2) is 19.9 Å². The van der Waals surface area contributed by atoms with Gasteiger partial charge in [-0.25, -0.2) is 0 Å². The topological polar surface area (TPSA) is 30.5 Å². The molecule has 0 aromatic heterocycles. The standard InChI is InChI=1S/C12H17Cl2NO2/c1-8(2)15-6-9-4-10(13)5-11(14)12(9)17-7-16-3/h4-5,8,15H,6-7H2,1-3H3. The third-order valence-electron chi connectivity index (χ3n) is 2.11. The summed E-state index contributed by atoms with van der Waals surface area (Å²) in [7, 11) is 1.57. The summed E-state index contributed by atoms with van der Waals surface area (Å²) < 4.78 is 10.3. The van der Waals surface area contributed by atoms with E-state index in [-0.39, 0.29) is 6.79 Å². The number of halogens is 2. The molecule has 0 amide bonds. The smallest absolute Gasteiger partial charge is 0.188 e. The minimum absolute atomic E-state index is 0.163. The zero-order chi connectivity index (χ0) is 12.8. The van der Waals surface area contributed by atoms with Crippen molar-refractivity contribution in [1.29, 1.82) is 0 Å². The van der Waals surface area contributed by atoms with Crippen molar-refractivity contribution in [2.75, 3.05) is 13.9 Å². The van der Waals surface area contributed by atoms with Crippen LogP contribution in [0.3, 0.4) is 0 Å². The van der Waals surface area contributed by atoms with Gasteiger partial charge in [-0.2, -0.15) is 0 Å². The molecule has 5 heteroatoms. The minimum Gasteiger partial charge on any atom is -0.466 e. The molecule has 0 radical (unpaired) electrons. The maximum absolute atomic E-state index is 6.09. The van der Waals surface area contributed by atoms with Crippen LogP contribution in [0.25, 0.3) is 0 Å². The van der Waals surface area contributed by atoms with Gasteiger partial charge in [0.15, 0.2) is 6.79 Å². The van der Waals surface area contributed by atoms with Gasteiger partial charge in [0.25, 0.3) is 0 Å². The van der Waals surface area contributed by atoms with Crippen molar-refractivity contribution in [3.8, 4) is 5.75 Å². The van der Waals surface area contributed by atoms with Crippen molar-refractivity contribution >= 4 is 23.2 Å². The number of ether oxygens (including phenoxy) is 2. The maximum Gasteiger partial charge on any atom is 0.188 e. The van der Waals surface area contributed by atoms with Gasteiger partial charge in [-0.15, -0.1) is 0 Å². The monoisotopic (exact) mass is 277 g/mol. The van der Waals surface area contributed by atoms with Crippen LogP contribution >= 0.6 is 23.2 Å². The molecule has 0 saturated heterocycles. The average molecular weight is 278 g/mol. The molecular formula is C12H17Cl2NO2. The van der Waals surface area contributed by atoms with Crippen molar-refractivity contribution in [2.24, 2.45) is 0 Å². The summed E-state index contributed by atoms with van der Waals surface area (Å²) >= 11 is 12.1. The summed E-state index contributed by atoms with van der Waals surface area (Å²) in [6.45, 7) is 4.96. The molecule has 96 valence electrons. The van der Waals surface area contributed by atoms with E-state index >= 15 is 0 Å². The SMILES string of the molecule is COCOc1c(Cl)cc(Cl)cc1CNC(C)C. The summed E-state index contributed by atoms with van der Waals surface area (Å²) in [4.78, 5) is 0. The van der Waals surface area contributed by atoms with E-state index in [9.17, 15) is 0 Å². The van der Waals surface area contributed by atoms with Crippen molar-refractivity contribution < 1.29 is 9.47 Å². The zero-order valence-corrected chi connectivity index (χ0v) is 11.7. The number of hydrogen-bond donors (Lipinski definition) is 1. The lowest BCUT2D eigenvalue weighted by Gasteiger charge is -2.15. The van der Waals surface area contributed by atoms with Gasteiger partial charge in [0.2, 0.25) is 0 Å². The Labute approximate surface area is 112 Å². The molecule has 0 aliphatic carbocycles. The van der Waals surface area contributed by atoms with Crippen molar-refractivity contribution in [2.45, 2.75) is 26.4 Å². The number of hydrogen-bond acceptors (Lipinski definition) is 3. The molecule has 0 aliphatic heterocycles. The van der Waals surface area contributed by atoms with Crippen molar-refractivity contribution in [3.63, 3.8) is 0 Å². The zero-order valence-electron chi connectivity index (χ0n) is 10.2. The van der Waals surface area contributed by atoms with E-state index in [1.54, 1.807) is 13.2 Å². The lowest BCUT2D eigenvalue weighted by molar-refractivity contribution is 0.0504. The second kappa shape index (κ2) is 7.07.